The van der Waals surface area contributed by atoms with Crippen LogP contribution in [0.25, 0.3) is 6.08 Å². The first-order chi connectivity index (χ1) is 11.4. The summed E-state index contributed by atoms with van der Waals surface area (Å²) in [5.41, 5.74) is 0.531. The number of hydrogen-bond acceptors (Lipinski definition) is 5. The number of aromatic amines is 2. The normalized spacial score (nSPS) is 10.8. The summed E-state index contributed by atoms with van der Waals surface area (Å²) in [6.45, 7) is 1.80. The minimum absolute atomic E-state index is 0.200. The number of aryl methyl sites for hydroxylation is 1. The molecular formula is C15H16BN3O5. The molecule has 0 saturated carbocycles. The lowest BCUT2D eigenvalue weighted by molar-refractivity contribution is -0.116. The largest absolute Gasteiger partial charge is 0.488 e. The molecule has 9 heteroatoms. The SMILES string of the molecule is Cc1[nH]c(=O)[nH]c(=O)c1/C=C/C(=O)NCc1ccc(B(O)O)cc1. The van der Waals surface area contributed by atoms with Gasteiger partial charge in [-0.3, -0.25) is 14.6 Å². The van der Waals surface area contributed by atoms with Crippen LogP contribution in [0.1, 0.15) is 16.8 Å². The Kier molecular flexibility index (Phi) is 5.51. The van der Waals surface area contributed by atoms with Crippen molar-refractivity contribution in [2.75, 3.05) is 0 Å². The molecule has 5 N–H and O–H groups in total. The van der Waals surface area contributed by atoms with Crippen molar-refractivity contribution >= 4 is 24.6 Å². The van der Waals surface area contributed by atoms with Crippen molar-refractivity contribution in [1.29, 1.82) is 0 Å². The molecule has 8 nitrogen and oxygen atoms in total. The van der Waals surface area contributed by atoms with Crippen LogP contribution in [-0.4, -0.2) is 33.0 Å². The number of aromatic nitrogens is 2. The minimum atomic E-state index is -1.53. The number of carbonyl (C=O) groups is 1. The Morgan fingerprint density at radius 2 is 1.88 bits per heavy atom. The van der Waals surface area contributed by atoms with Gasteiger partial charge in [0.15, 0.2) is 0 Å². The molecule has 1 aromatic carbocycles. The first-order valence-corrected chi connectivity index (χ1v) is 7.11. The Morgan fingerprint density at radius 3 is 2.46 bits per heavy atom. The van der Waals surface area contributed by atoms with Gasteiger partial charge in [0.25, 0.3) is 5.56 Å². The molecule has 0 aliphatic heterocycles. The van der Waals surface area contributed by atoms with Crippen molar-refractivity contribution in [3.63, 3.8) is 0 Å². The molecule has 24 heavy (non-hydrogen) atoms. The van der Waals surface area contributed by atoms with Crippen molar-refractivity contribution in [3.8, 4) is 0 Å². The summed E-state index contributed by atoms with van der Waals surface area (Å²) >= 11 is 0. The van der Waals surface area contributed by atoms with Gasteiger partial charge in [-0.05, 0) is 24.0 Å². The average Bonchev–Trinajstić information content (AvgIpc) is 2.52. The van der Waals surface area contributed by atoms with Gasteiger partial charge in [-0.2, -0.15) is 0 Å². The third-order valence-electron chi connectivity index (χ3n) is 3.32. The van der Waals surface area contributed by atoms with Crippen LogP contribution >= 0.6 is 0 Å². The second kappa shape index (κ2) is 7.58. The quantitative estimate of drug-likeness (QED) is 0.332. The van der Waals surface area contributed by atoms with E-state index >= 15 is 0 Å². The molecule has 0 aliphatic carbocycles. The Labute approximate surface area is 137 Å². The summed E-state index contributed by atoms with van der Waals surface area (Å²) in [5.74, 6) is -0.411. The molecule has 0 saturated heterocycles. The van der Waals surface area contributed by atoms with Crippen molar-refractivity contribution in [2.45, 2.75) is 13.5 Å². The molecule has 2 aromatic rings. The van der Waals surface area contributed by atoms with Crippen molar-refractivity contribution in [3.05, 3.63) is 68.0 Å². The highest BCUT2D eigenvalue weighted by molar-refractivity contribution is 6.58. The fourth-order valence-corrected chi connectivity index (χ4v) is 2.03. The highest BCUT2D eigenvalue weighted by Gasteiger charge is 2.09. The first kappa shape index (κ1) is 17.4. The predicted molar refractivity (Wildman–Crippen MR) is 89.6 cm³/mol. The van der Waals surface area contributed by atoms with Crippen LogP contribution in [0.4, 0.5) is 0 Å². The number of benzene rings is 1. The van der Waals surface area contributed by atoms with Gasteiger partial charge in [-0.25, -0.2) is 4.79 Å². The molecule has 124 valence electrons. The molecule has 0 radical (unpaired) electrons. The maximum atomic E-state index is 11.8. The molecule has 0 fully saturated rings. The van der Waals surface area contributed by atoms with Gasteiger partial charge in [0.05, 0.1) is 5.56 Å². The maximum absolute atomic E-state index is 11.8. The molecule has 1 aromatic heterocycles. The first-order valence-electron chi connectivity index (χ1n) is 7.11. The number of hydrogen-bond donors (Lipinski definition) is 5. The van der Waals surface area contributed by atoms with Crippen LogP contribution in [0.5, 0.6) is 0 Å². The summed E-state index contributed by atoms with van der Waals surface area (Å²) < 4.78 is 0. The number of nitrogens with one attached hydrogen (secondary N) is 3. The van der Waals surface area contributed by atoms with E-state index in [1.807, 2.05) is 0 Å². The number of H-pyrrole nitrogens is 2. The van der Waals surface area contributed by atoms with Crippen molar-refractivity contribution in [1.82, 2.24) is 15.3 Å². The summed E-state index contributed by atoms with van der Waals surface area (Å²) in [7, 11) is -1.53. The Balaban J connectivity index is 1.98. The zero-order valence-electron chi connectivity index (χ0n) is 12.9. The second-order valence-electron chi connectivity index (χ2n) is 5.11. The molecule has 0 bridgehead atoms. The van der Waals surface area contributed by atoms with E-state index in [0.29, 0.717) is 11.2 Å². The lowest BCUT2D eigenvalue weighted by atomic mass is 9.80. The third kappa shape index (κ3) is 4.54. The van der Waals surface area contributed by atoms with Gasteiger partial charge in [0, 0.05) is 18.3 Å². The van der Waals surface area contributed by atoms with E-state index in [1.165, 1.54) is 12.2 Å². The summed E-state index contributed by atoms with van der Waals surface area (Å²) in [6.07, 6.45) is 2.52. The van der Waals surface area contributed by atoms with Crippen LogP contribution in [0.3, 0.4) is 0 Å². The molecule has 0 atom stereocenters. The molecule has 2 rings (SSSR count). The van der Waals surface area contributed by atoms with E-state index in [-0.39, 0.29) is 12.1 Å². The van der Waals surface area contributed by atoms with E-state index in [1.54, 1.807) is 31.2 Å². The molecule has 0 aliphatic rings. The van der Waals surface area contributed by atoms with Gasteiger partial charge in [-0.1, -0.05) is 24.3 Å². The standard InChI is InChI=1S/C15H16BN3O5/c1-9-12(14(21)19-15(22)18-9)6-7-13(20)17-8-10-2-4-11(5-3-10)16(23)24/h2-7,23-24H,8H2,1H3,(H,17,20)(H2,18,19,21,22)/b7-6+. The molecule has 0 spiro atoms. The van der Waals surface area contributed by atoms with Gasteiger partial charge >= 0.3 is 12.8 Å². The highest BCUT2D eigenvalue weighted by Crippen LogP contribution is 1.99. The van der Waals surface area contributed by atoms with Crippen LogP contribution in [0.2, 0.25) is 0 Å². The van der Waals surface area contributed by atoms with E-state index < -0.39 is 24.3 Å². The lowest BCUT2D eigenvalue weighted by Crippen LogP contribution is -2.29. The van der Waals surface area contributed by atoms with Crippen molar-refractivity contribution in [2.24, 2.45) is 0 Å². The predicted octanol–water partition coefficient (Wildman–Crippen LogP) is -1.62. The van der Waals surface area contributed by atoms with E-state index in [4.69, 9.17) is 10.0 Å². The van der Waals surface area contributed by atoms with Crippen molar-refractivity contribution < 1.29 is 14.8 Å². The number of carbonyl (C=O) groups excluding carboxylic acids is 1. The smallest absolute Gasteiger partial charge is 0.423 e. The van der Waals surface area contributed by atoms with Gasteiger partial charge in [0.1, 0.15) is 0 Å². The second-order valence-corrected chi connectivity index (χ2v) is 5.11. The van der Waals surface area contributed by atoms with Crippen LogP contribution < -0.4 is 22.0 Å². The van der Waals surface area contributed by atoms with Gasteiger partial charge in [-0.15, -0.1) is 0 Å². The van der Waals surface area contributed by atoms with Crippen LogP contribution in [0, 0.1) is 6.92 Å². The third-order valence-corrected chi connectivity index (χ3v) is 3.32. The number of rotatable bonds is 5. The van der Waals surface area contributed by atoms with Crippen LogP contribution in [0.15, 0.2) is 39.9 Å². The summed E-state index contributed by atoms with van der Waals surface area (Å²) in [6, 6.07) is 6.42. The molecular weight excluding hydrogens is 313 g/mol. The minimum Gasteiger partial charge on any atom is -0.423 e. The zero-order valence-corrected chi connectivity index (χ0v) is 12.9. The van der Waals surface area contributed by atoms with Crippen LogP contribution in [-0.2, 0) is 11.3 Å². The van der Waals surface area contributed by atoms with Gasteiger partial charge in [0.2, 0.25) is 5.91 Å². The summed E-state index contributed by atoms with van der Waals surface area (Å²) in [4.78, 5) is 39.0. The van der Waals surface area contributed by atoms with Gasteiger partial charge < -0.3 is 20.3 Å². The zero-order chi connectivity index (χ0) is 17.7. The molecule has 1 heterocycles. The topological polar surface area (TPSA) is 135 Å². The lowest BCUT2D eigenvalue weighted by Gasteiger charge is -2.04. The average molecular weight is 329 g/mol. The molecule has 0 unspecified atom stereocenters. The summed E-state index contributed by atoms with van der Waals surface area (Å²) in [5, 5.41) is 20.6. The fraction of sp³-hybridized carbons (Fsp3) is 0.133. The Bertz CT molecular complexity index is 868. The fourth-order valence-electron chi connectivity index (χ4n) is 2.03. The monoisotopic (exact) mass is 329 g/mol. The van der Waals surface area contributed by atoms with E-state index in [9.17, 15) is 14.4 Å². The molecule has 1 amide bonds. The maximum Gasteiger partial charge on any atom is 0.488 e. The van der Waals surface area contributed by atoms with E-state index in [0.717, 1.165) is 5.56 Å². The highest BCUT2D eigenvalue weighted by atomic mass is 16.4. The Hall–Kier alpha value is -2.91. The Morgan fingerprint density at radius 1 is 1.21 bits per heavy atom. The number of amides is 1. The van der Waals surface area contributed by atoms with E-state index in [2.05, 4.69) is 15.3 Å².